The first-order valence-electron chi connectivity index (χ1n) is 9.69. The molecule has 1 aromatic heterocycles. The number of methoxy groups -OCH3 is 1. The number of fused-ring (bicyclic) bond motifs is 1. The molecule has 27 heavy (non-hydrogen) atoms. The van der Waals surface area contributed by atoms with E-state index in [1.807, 2.05) is 35.1 Å². The maximum Gasteiger partial charge on any atom is 0.315 e. The van der Waals surface area contributed by atoms with Crippen LogP contribution in [0.4, 0.5) is 4.79 Å². The molecule has 0 radical (unpaired) electrons. The predicted molar refractivity (Wildman–Crippen MR) is 106 cm³/mol. The second kappa shape index (κ2) is 8.03. The number of hydrogen-bond acceptors (Lipinski definition) is 3. The molecule has 1 heterocycles. The van der Waals surface area contributed by atoms with Gasteiger partial charge in [-0.3, -0.25) is 0 Å². The number of carbonyl (C=O) groups is 1. The minimum atomic E-state index is -0.103. The lowest BCUT2D eigenvalue weighted by Gasteiger charge is -2.36. The molecule has 1 aliphatic rings. The van der Waals surface area contributed by atoms with Crippen molar-refractivity contribution in [2.45, 2.75) is 52.5 Å². The normalized spacial score (nSPS) is 17.9. The van der Waals surface area contributed by atoms with Gasteiger partial charge in [0.2, 0.25) is 0 Å². The van der Waals surface area contributed by atoms with E-state index >= 15 is 0 Å². The number of rotatable bonds is 6. The highest BCUT2D eigenvalue weighted by Gasteiger charge is 2.36. The van der Waals surface area contributed by atoms with Gasteiger partial charge in [0.25, 0.3) is 0 Å². The zero-order chi connectivity index (χ0) is 19.4. The first-order valence-corrected chi connectivity index (χ1v) is 9.69. The van der Waals surface area contributed by atoms with Crippen LogP contribution in [0.25, 0.3) is 5.69 Å². The van der Waals surface area contributed by atoms with E-state index in [9.17, 15) is 4.79 Å². The molecular weight excluding hydrogens is 340 g/mol. The van der Waals surface area contributed by atoms with Crippen LogP contribution in [0, 0.1) is 5.41 Å². The quantitative estimate of drug-likeness (QED) is 0.756. The van der Waals surface area contributed by atoms with Crippen molar-refractivity contribution >= 4 is 6.03 Å². The van der Waals surface area contributed by atoms with Crippen molar-refractivity contribution in [1.29, 1.82) is 0 Å². The minimum absolute atomic E-state index is 0.0302. The summed E-state index contributed by atoms with van der Waals surface area (Å²) in [4.78, 5) is 12.3. The Labute approximate surface area is 161 Å². The molecule has 6 heteroatoms. The molecule has 2 amide bonds. The molecule has 0 aliphatic heterocycles. The van der Waals surface area contributed by atoms with Crippen LogP contribution in [0.15, 0.2) is 30.5 Å². The summed E-state index contributed by atoms with van der Waals surface area (Å²) in [5, 5.41) is 10.7. The highest BCUT2D eigenvalue weighted by Crippen LogP contribution is 2.41. The van der Waals surface area contributed by atoms with Gasteiger partial charge in [-0.2, -0.15) is 5.10 Å². The molecule has 0 spiro atoms. The zero-order valence-electron chi connectivity index (χ0n) is 16.7. The van der Waals surface area contributed by atoms with Gasteiger partial charge in [-0.1, -0.05) is 27.2 Å². The maximum absolute atomic E-state index is 12.3. The van der Waals surface area contributed by atoms with Crippen LogP contribution in [-0.4, -0.2) is 29.5 Å². The summed E-state index contributed by atoms with van der Waals surface area (Å²) in [5.41, 5.74) is 3.35. The molecule has 1 unspecified atom stereocenters. The molecule has 1 atom stereocenters. The molecule has 2 aromatic rings. The Kier molecular flexibility index (Phi) is 5.73. The number of carbonyl (C=O) groups excluding carboxylic acids is 1. The van der Waals surface area contributed by atoms with Crippen LogP contribution in [0.5, 0.6) is 5.75 Å². The molecule has 146 valence electrons. The molecular formula is C21H30N4O2. The molecule has 0 saturated carbocycles. The van der Waals surface area contributed by atoms with Gasteiger partial charge in [0, 0.05) is 12.1 Å². The van der Waals surface area contributed by atoms with Gasteiger partial charge in [0.05, 0.1) is 30.7 Å². The molecule has 0 bridgehead atoms. The molecule has 1 aromatic carbocycles. The van der Waals surface area contributed by atoms with Crippen LogP contribution in [0.2, 0.25) is 0 Å². The summed E-state index contributed by atoms with van der Waals surface area (Å²) in [5.74, 6) is 0.823. The summed E-state index contributed by atoms with van der Waals surface area (Å²) in [6.45, 7) is 7.30. The third-order valence-corrected chi connectivity index (χ3v) is 5.12. The first kappa shape index (κ1) is 19.3. The van der Waals surface area contributed by atoms with Crippen LogP contribution in [0.3, 0.4) is 0 Å². The minimum Gasteiger partial charge on any atom is -0.497 e. The lowest BCUT2D eigenvalue weighted by molar-refractivity contribution is 0.220. The zero-order valence-corrected chi connectivity index (χ0v) is 16.7. The molecule has 3 rings (SSSR count). The first-order chi connectivity index (χ1) is 12.9. The number of benzene rings is 1. The van der Waals surface area contributed by atoms with E-state index in [-0.39, 0.29) is 17.5 Å². The summed E-state index contributed by atoms with van der Waals surface area (Å²) in [6, 6.07) is 7.76. The van der Waals surface area contributed by atoms with Gasteiger partial charge in [-0.25, -0.2) is 9.48 Å². The molecule has 1 aliphatic carbocycles. The highest BCUT2D eigenvalue weighted by molar-refractivity contribution is 5.74. The van der Waals surface area contributed by atoms with E-state index in [4.69, 9.17) is 4.74 Å². The monoisotopic (exact) mass is 370 g/mol. The van der Waals surface area contributed by atoms with E-state index in [2.05, 4.69) is 36.5 Å². The lowest BCUT2D eigenvalue weighted by atomic mass is 9.74. The third kappa shape index (κ3) is 4.43. The smallest absolute Gasteiger partial charge is 0.315 e. The van der Waals surface area contributed by atoms with Crippen molar-refractivity contribution in [3.05, 3.63) is 41.7 Å². The van der Waals surface area contributed by atoms with Crippen molar-refractivity contribution in [1.82, 2.24) is 20.4 Å². The van der Waals surface area contributed by atoms with Gasteiger partial charge in [-0.05, 0) is 48.9 Å². The Bertz CT molecular complexity index is 780. The highest BCUT2D eigenvalue weighted by atomic mass is 16.5. The average molecular weight is 370 g/mol. The Hall–Kier alpha value is -2.50. The Morgan fingerprint density at radius 3 is 2.74 bits per heavy atom. The van der Waals surface area contributed by atoms with Gasteiger partial charge in [0.1, 0.15) is 5.75 Å². The number of amides is 2. The summed E-state index contributed by atoms with van der Waals surface area (Å²) < 4.78 is 7.23. The third-order valence-electron chi connectivity index (χ3n) is 5.12. The number of unbranched alkanes of at least 4 members (excludes halogenated alkanes) is 1. The number of ether oxygens (including phenoxy) is 1. The molecule has 6 nitrogen and oxygen atoms in total. The van der Waals surface area contributed by atoms with Crippen molar-refractivity contribution < 1.29 is 9.53 Å². The van der Waals surface area contributed by atoms with Crippen LogP contribution >= 0.6 is 0 Å². The number of urea groups is 1. The molecule has 0 fully saturated rings. The van der Waals surface area contributed by atoms with Crippen molar-refractivity contribution in [3.63, 3.8) is 0 Å². The van der Waals surface area contributed by atoms with Gasteiger partial charge >= 0.3 is 6.03 Å². The van der Waals surface area contributed by atoms with E-state index in [0.29, 0.717) is 6.54 Å². The number of nitrogens with zero attached hydrogens (tertiary/aromatic N) is 2. The summed E-state index contributed by atoms with van der Waals surface area (Å²) in [6.07, 6.45) is 5.77. The van der Waals surface area contributed by atoms with Crippen LogP contribution < -0.4 is 15.4 Å². The van der Waals surface area contributed by atoms with E-state index < -0.39 is 0 Å². The van der Waals surface area contributed by atoms with E-state index in [1.165, 1.54) is 0 Å². The van der Waals surface area contributed by atoms with Crippen LogP contribution in [0.1, 0.15) is 57.3 Å². The van der Waals surface area contributed by atoms with Gasteiger partial charge in [0.15, 0.2) is 0 Å². The second-order valence-electron chi connectivity index (χ2n) is 8.01. The van der Waals surface area contributed by atoms with Crippen LogP contribution in [-0.2, 0) is 6.42 Å². The Morgan fingerprint density at radius 2 is 2.07 bits per heavy atom. The van der Waals surface area contributed by atoms with E-state index in [1.54, 1.807) is 7.11 Å². The largest absolute Gasteiger partial charge is 0.497 e. The van der Waals surface area contributed by atoms with Crippen molar-refractivity contribution in [2.24, 2.45) is 5.41 Å². The number of hydrogen-bond donors (Lipinski definition) is 2. The standard InChI is InChI=1S/C21H30N4O2/c1-5-6-11-22-20(26)24-18-12-21(2,3)13-19-17(18)14-23-25(19)15-7-9-16(27-4)10-8-15/h7-10,14,18H,5-6,11-13H2,1-4H3,(H2,22,24,26). The predicted octanol–water partition coefficient (Wildman–Crippen LogP) is 3.99. The fraction of sp³-hybridized carbons (Fsp3) is 0.524. The number of nitrogens with one attached hydrogen (secondary N) is 2. The SMILES string of the molecule is CCCCNC(=O)NC1CC(C)(C)Cc2c1cnn2-c1ccc(OC)cc1. The fourth-order valence-corrected chi connectivity index (χ4v) is 3.71. The van der Waals surface area contributed by atoms with Crippen molar-refractivity contribution in [3.8, 4) is 11.4 Å². The fourth-order valence-electron chi connectivity index (χ4n) is 3.71. The number of aromatic nitrogens is 2. The van der Waals surface area contributed by atoms with Crippen molar-refractivity contribution in [2.75, 3.05) is 13.7 Å². The summed E-state index contributed by atoms with van der Waals surface area (Å²) in [7, 11) is 1.66. The van der Waals surface area contributed by atoms with Gasteiger partial charge in [-0.15, -0.1) is 0 Å². The lowest BCUT2D eigenvalue weighted by Crippen LogP contribution is -2.42. The van der Waals surface area contributed by atoms with E-state index in [0.717, 1.165) is 48.4 Å². The second-order valence-corrected chi connectivity index (χ2v) is 8.01. The molecule has 0 saturated heterocycles. The summed E-state index contributed by atoms with van der Waals surface area (Å²) >= 11 is 0. The Morgan fingerprint density at radius 1 is 1.33 bits per heavy atom. The maximum atomic E-state index is 12.3. The topological polar surface area (TPSA) is 68.2 Å². The van der Waals surface area contributed by atoms with Gasteiger partial charge < -0.3 is 15.4 Å². The Balaban J connectivity index is 1.84. The molecule has 2 N–H and O–H groups in total. The average Bonchev–Trinajstić information content (AvgIpc) is 3.04.